The molecule has 3 heterocycles. The highest BCUT2D eigenvalue weighted by Crippen LogP contribution is 2.27. The van der Waals surface area contributed by atoms with Crippen LogP contribution in [0, 0.1) is 23.2 Å². The Morgan fingerprint density at radius 2 is 1.88 bits per heavy atom. The molecule has 1 fully saturated rings. The van der Waals surface area contributed by atoms with Crippen molar-refractivity contribution in [2.75, 3.05) is 45.6 Å². The van der Waals surface area contributed by atoms with Crippen molar-refractivity contribution in [3.8, 4) is 17.9 Å². The highest BCUT2D eigenvalue weighted by atomic mass is 19.4. The van der Waals surface area contributed by atoms with Gasteiger partial charge in [0.1, 0.15) is 6.54 Å². The van der Waals surface area contributed by atoms with Crippen molar-refractivity contribution in [2.24, 2.45) is 0 Å². The second-order valence-electron chi connectivity index (χ2n) is 11.7. The van der Waals surface area contributed by atoms with Gasteiger partial charge in [0.25, 0.3) is 0 Å². The lowest BCUT2D eigenvalue weighted by molar-refractivity contribution is -0.140. The molecule has 0 saturated carbocycles. The molecule has 0 spiro atoms. The maximum atomic E-state index is 13.5. The van der Waals surface area contributed by atoms with E-state index >= 15 is 0 Å². The molecule has 1 aromatic carbocycles. The molecule has 3 aromatic rings. The van der Waals surface area contributed by atoms with E-state index in [9.17, 15) is 23.2 Å². The van der Waals surface area contributed by atoms with Gasteiger partial charge in [-0.1, -0.05) is 12.0 Å². The van der Waals surface area contributed by atoms with Gasteiger partial charge in [0.05, 0.1) is 47.8 Å². The van der Waals surface area contributed by atoms with Crippen molar-refractivity contribution in [1.82, 2.24) is 24.7 Å². The van der Waals surface area contributed by atoms with E-state index in [0.717, 1.165) is 31.5 Å². The van der Waals surface area contributed by atoms with Crippen molar-refractivity contribution in [1.29, 1.82) is 5.26 Å². The van der Waals surface area contributed by atoms with E-state index in [1.54, 1.807) is 63.3 Å². The van der Waals surface area contributed by atoms with Crippen molar-refractivity contribution in [3.05, 3.63) is 59.5 Å². The van der Waals surface area contributed by atoms with Gasteiger partial charge in [-0.05, 0) is 68.5 Å². The number of nitrogens with zero attached hydrogens (tertiary/aromatic N) is 5. The quantitative estimate of drug-likeness (QED) is 0.355. The number of hydrogen-bond donors (Lipinski definition) is 2. The molecule has 11 heteroatoms. The summed E-state index contributed by atoms with van der Waals surface area (Å²) in [6.45, 7) is 5.38. The normalized spacial score (nSPS) is 14.7. The number of alkyl halides is 3. The van der Waals surface area contributed by atoms with E-state index in [1.807, 2.05) is 12.1 Å². The van der Waals surface area contributed by atoms with Crippen LogP contribution < -0.4 is 10.6 Å². The zero-order valence-corrected chi connectivity index (χ0v) is 25.1. The minimum Gasteiger partial charge on any atom is -0.373 e. The molecule has 0 bridgehead atoms. The van der Waals surface area contributed by atoms with Crippen molar-refractivity contribution < 1.29 is 18.0 Å². The third kappa shape index (κ3) is 8.73. The summed E-state index contributed by atoms with van der Waals surface area (Å²) in [5, 5.41) is 16.6. The number of rotatable bonds is 9. The first-order valence-corrected chi connectivity index (χ1v) is 14.3. The lowest BCUT2D eigenvalue weighted by atomic mass is 9.91. The number of hydrogen-bond acceptors (Lipinski definition) is 6. The van der Waals surface area contributed by atoms with E-state index < -0.39 is 18.1 Å². The van der Waals surface area contributed by atoms with Crippen LogP contribution in [0.15, 0.2) is 42.6 Å². The standard InChI is InChI=1S/C32H38F3N7O/c1-31(2,21-36)29-10-8-26(19-39-29)37-13-5-6-27-17-24-16-23(7-9-28(24)42(27)22-32(33,34)35)18-38-25-11-14-41(15-12-25)20-30(43)40(3)4/h7-10,16-17,19,25,37-38H,11-15,18,20,22H2,1-4H3. The van der Waals surface area contributed by atoms with Crippen LogP contribution in [-0.2, 0) is 23.3 Å². The Labute approximate surface area is 250 Å². The number of amides is 1. The van der Waals surface area contributed by atoms with E-state index in [-0.39, 0.29) is 12.5 Å². The Kier molecular flexibility index (Phi) is 10.0. The monoisotopic (exact) mass is 593 g/mol. The third-order valence-corrected chi connectivity index (χ3v) is 7.62. The molecule has 1 aliphatic rings. The number of nitrogens with one attached hydrogen (secondary N) is 2. The highest BCUT2D eigenvalue weighted by Gasteiger charge is 2.30. The first-order chi connectivity index (χ1) is 20.3. The number of pyridine rings is 1. The van der Waals surface area contributed by atoms with Crippen LogP contribution in [0.1, 0.15) is 43.6 Å². The number of likely N-dealkylation sites (tertiary alicyclic amines) is 1. The number of benzene rings is 1. The van der Waals surface area contributed by atoms with Gasteiger partial charge in [-0.3, -0.25) is 14.7 Å². The molecule has 0 atom stereocenters. The maximum absolute atomic E-state index is 13.5. The summed E-state index contributed by atoms with van der Waals surface area (Å²) in [4.78, 5) is 20.1. The second-order valence-corrected chi connectivity index (χ2v) is 11.7. The van der Waals surface area contributed by atoms with Crippen LogP contribution in [0.5, 0.6) is 0 Å². The fourth-order valence-corrected chi connectivity index (χ4v) is 4.98. The van der Waals surface area contributed by atoms with E-state index in [2.05, 4.69) is 38.4 Å². The molecular formula is C32H38F3N7O. The summed E-state index contributed by atoms with van der Waals surface area (Å²) < 4.78 is 41.6. The minimum atomic E-state index is -4.39. The fourth-order valence-electron chi connectivity index (χ4n) is 4.98. The Balaban J connectivity index is 1.40. The van der Waals surface area contributed by atoms with Gasteiger partial charge < -0.3 is 20.1 Å². The van der Waals surface area contributed by atoms with E-state index in [1.165, 1.54) is 4.57 Å². The van der Waals surface area contributed by atoms with Crippen LogP contribution in [-0.4, -0.2) is 77.8 Å². The van der Waals surface area contributed by atoms with Crippen LogP contribution >= 0.6 is 0 Å². The van der Waals surface area contributed by atoms with Crippen molar-refractivity contribution in [2.45, 2.75) is 57.4 Å². The van der Waals surface area contributed by atoms with Crippen LogP contribution in [0.2, 0.25) is 0 Å². The van der Waals surface area contributed by atoms with Gasteiger partial charge in [-0.2, -0.15) is 18.4 Å². The number of nitriles is 1. The van der Waals surface area contributed by atoms with Crippen LogP contribution in [0.4, 0.5) is 18.9 Å². The summed E-state index contributed by atoms with van der Waals surface area (Å²) in [5.74, 6) is 5.93. The minimum absolute atomic E-state index is 0.0987. The SMILES string of the molecule is CN(C)C(=O)CN1CCC(NCc2ccc3c(c2)cc(C#CCNc2ccc(C(C)(C)C#N)nc2)n3CC(F)(F)F)CC1. The molecule has 2 aromatic heterocycles. The van der Waals surface area contributed by atoms with E-state index in [0.29, 0.717) is 47.1 Å². The molecule has 8 nitrogen and oxygen atoms in total. The number of carbonyl (C=O) groups excluding carboxylic acids is 1. The smallest absolute Gasteiger partial charge is 0.373 e. The van der Waals surface area contributed by atoms with Crippen molar-refractivity contribution >= 4 is 22.5 Å². The van der Waals surface area contributed by atoms with Gasteiger partial charge in [0.2, 0.25) is 5.91 Å². The molecule has 4 rings (SSSR count). The number of anilines is 1. The number of halogens is 3. The Morgan fingerprint density at radius 1 is 1.14 bits per heavy atom. The zero-order chi connectivity index (χ0) is 31.2. The van der Waals surface area contributed by atoms with E-state index in [4.69, 9.17) is 0 Å². The lowest BCUT2D eigenvalue weighted by Crippen LogP contribution is -2.45. The second kappa shape index (κ2) is 13.5. The number of aromatic nitrogens is 2. The zero-order valence-electron chi connectivity index (χ0n) is 25.1. The van der Waals surface area contributed by atoms with Crippen LogP contribution in [0.25, 0.3) is 10.9 Å². The summed E-state index contributed by atoms with van der Waals surface area (Å²) in [6.07, 6.45) is -0.924. The average molecular weight is 594 g/mol. The molecule has 0 aliphatic carbocycles. The predicted octanol–water partition coefficient (Wildman–Crippen LogP) is 4.51. The van der Waals surface area contributed by atoms with Gasteiger partial charge in [-0.25, -0.2) is 0 Å². The first-order valence-electron chi connectivity index (χ1n) is 14.3. The fraction of sp³-hybridized carbons (Fsp3) is 0.469. The number of likely N-dealkylation sites (N-methyl/N-ethyl adjacent to an activating group) is 1. The van der Waals surface area contributed by atoms with Gasteiger partial charge in [-0.15, -0.1) is 0 Å². The largest absolute Gasteiger partial charge is 0.406 e. The molecule has 0 radical (unpaired) electrons. The summed E-state index contributed by atoms with van der Waals surface area (Å²) >= 11 is 0. The van der Waals surface area contributed by atoms with Crippen LogP contribution in [0.3, 0.4) is 0 Å². The lowest BCUT2D eigenvalue weighted by Gasteiger charge is -2.32. The summed E-state index contributed by atoms with van der Waals surface area (Å²) in [5.41, 5.74) is 2.41. The number of carbonyl (C=O) groups is 1. The van der Waals surface area contributed by atoms with Gasteiger partial charge in [0.15, 0.2) is 0 Å². The Bertz CT molecular complexity index is 1520. The number of piperidine rings is 1. The summed E-state index contributed by atoms with van der Waals surface area (Å²) in [7, 11) is 3.52. The first kappa shape index (κ1) is 31.9. The Morgan fingerprint density at radius 3 is 2.51 bits per heavy atom. The molecule has 228 valence electrons. The molecule has 2 N–H and O–H groups in total. The molecule has 1 saturated heterocycles. The molecule has 1 aliphatic heterocycles. The highest BCUT2D eigenvalue weighted by molar-refractivity contribution is 5.83. The Hall–Kier alpha value is -4.06. The maximum Gasteiger partial charge on any atom is 0.406 e. The summed E-state index contributed by atoms with van der Waals surface area (Å²) in [6, 6.07) is 13.3. The van der Waals surface area contributed by atoms with Crippen molar-refractivity contribution in [3.63, 3.8) is 0 Å². The molecule has 43 heavy (non-hydrogen) atoms. The molecule has 0 unspecified atom stereocenters. The molecule has 1 amide bonds. The van der Waals surface area contributed by atoms with Gasteiger partial charge >= 0.3 is 6.18 Å². The van der Waals surface area contributed by atoms with Gasteiger partial charge in [0, 0.05) is 50.7 Å². The topological polar surface area (TPSA) is 89.2 Å². The predicted molar refractivity (Wildman–Crippen MR) is 161 cm³/mol. The number of fused-ring (bicyclic) bond motifs is 1. The third-order valence-electron chi connectivity index (χ3n) is 7.62. The molecular weight excluding hydrogens is 555 g/mol. The average Bonchev–Trinajstić information content (AvgIpc) is 3.29.